The van der Waals surface area contributed by atoms with Crippen LogP contribution in [0.1, 0.15) is 78.6 Å². The lowest BCUT2D eigenvalue weighted by Gasteiger charge is -2.28. The number of aliphatic hydroxyl groups excluding tert-OH is 4. The number of aliphatic carboxylic acids is 2. The van der Waals surface area contributed by atoms with Gasteiger partial charge in [-0.3, -0.25) is 71.9 Å². The van der Waals surface area contributed by atoms with Gasteiger partial charge in [-0.05, 0) is 40.0 Å². The third kappa shape index (κ3) is 27.4. The van der Waals surface area contributed by atoms with Gasteiger partial charge in [-0.15, -0.1) is 0 Å². The van der Waals surface area contributed by atoms with E-state index in [0.29, 0.717) is 5.69 Å². The zero-order valence-corrected chi connectivity index (χ0v) is 51.2. The number of hydrogen-bond donors (Lipinski definition) is 23. The van der Waals surface area contributed by atoms with Crippen LogP contribution < -0.4 is 81.0 Å². The number of carboxylic acids is 2. The highest BCUT2D eigenvalue weighted by Crippen LogP contribution is 2.08. The van der Waals surface area contributed by atoms with E-state index in [9.17, 15) is 102 Å². The molecule has 0 aliphatic carbocycles. The summed E-state index contributed by atoms with van der Waals surface area (Å²) in [6, 6.07) is -20.3. The maximum atomic E-state index is 13.6. The lowest BCUT2D eigenvalue weighted by Crippen LogP contribution is -2.62. The minimum absolute atomic E-state index is 0.0757. The lowest BCUT2D eigenvalue weighted by atomic mass is 10.0. The summed E-state index contributed by atoms with van der Waals surface area (Å²) >= 11 is 0. The summed E-state index contributed by atoms with van der Waals surface area (Å²) in [5, 5.41) is 85.8. The first kappa shape index (κ1) is 78.8. The summed E-state index contributed by atoms with van der Waals surface area (Å²) in [6.45, 7) is 4.04. The number of amides is 14. The number of carbonyl (C=O) groups excluding carboxylic acids is 14. The first-order valence-electron chi connectivity index (χ1n) is 28.4. The van der Waals surface area contributed by atoms with Gasteiger partial charge in [-0.1, -0.05) is 13.8 Å². The van der Waals surface area contributed by atoms with E-state index < -0.39 is 231 Å². The van der Waals surface area contributed by atoms with Gasteiger partial charge in [0, 0.05) is 43.0 Å². The molecule has 0 spiro atoms. The van der Waals surface area contributed by atoms with Crippen molar-refractivity contribution >= 4 is 94.6 Å². The highest BCUT2D eigenvalue weighted by atomic mass is 16.4. The van der Waals surface area contributed by atoms with Gasteiger partial charge < -0.3 is 122 Å². The molecular weight excluding hydrogens is 1240 g/mol. The van der Waals surface area contributed by atoms with Crippen LogP contribution in [0.3, 0.4) is 0 Å². The summed E-state index contributed by atoms with van der Waals surface area (Å²) in [7, 11) is 0. The maximum Gasteiger partial charge on any atom is 0.326 e. The highest BCUT2D eigenvalue weighted by Gasteiger charge is 2.38. The molecule has 0 aromatic carbocycles. The lowest BCUT2D eigenvalue weighted by molar-refractivity contribution is -0.143. The van der Waals surface area contributed by atoms with Crippen molar-refractivity contribution in [2.45, 2.75) is 165 Å². The number of aromatic nitrogens is 4. The fourth-order valence-electron chi connectivity index (χ4n) is 8.07. The fourth-order valence-corrected chi connectivity index (χ4v) is 8.07. The Hall–Kier alpha value is -10.3. The summed E-state index contributed by atoms with van der Waals surface area (Å²) < 4.78 is 0. The highest BCUT2D eigenvalue weighted by molar-refractivity contribution is 6.00. The average Bonchev–Trinajstić information content (AvgIpc) is 1.13. The molecule has 0 fully saturated rings. The first-order valence-corrected chi connectivity index (χ1v) is 28.4. The van der Waals surface area contributed by atoms with Gasteiger partial charge in [0.1, 0.15) is 66.5 Å². The van der Waals surface area contributed by atoms with Crippen molar-refractivity contribution in [1.82, 2.24) is 83.7 Å². The van der Waals surface area contributed by atoms with Gasteiger partial charge in [0.15, 0.2) is 0 Å². The molecule has 516 valence electrons. The van der Waals surface area contributed by atoms with E-state index in [0.717, 1.165) is 27.7 Å². The Morgan fingerprint density at radius 3 is 1.30 bits per heavy atom. The van der Waals surface area contributed by atoms with E-state index in [-0.39, 0.29) is 18.5 Å². The molecule has 2 heterocycles. The topological polar surface area (TPSA) is 674 Å². The quantitative estimate of drug-likeness (QED) is 0.0294. The number of hydrogen-bond acceptors (Lipinski definition) is 23. The predicted molar refractivity (Wildman–Crippen MR) is 313 cm³/mol. The van der Waals surface area contributed by atoms with Gasteiger partial charge in [0.05, 0.1) is 63.5 Å². The number of nitrogens with one attached hydrogen (secondary N) is 14. The second-order valence-corrected chi connectivity index (χ2v) is 21.4. The number of carbonyl (C=O) groups is 16. The zero-order valence-electron chi connectivity index (χ0n) is 51.2. The molecule has 0 aliphatic rings. The number of nitrogens with two attached hydrogens (primary N) is 3. The first-order chi connectivity index (χ1) is 43.5. The molecule has 2 rings (SSSR count). The van der Waals surface area contributed by atoms with Crippen LogP contribution in [0, 0.1) is 5.92 Å². The van der Waals surface area contributed by atoms with Gasteiger partial charge in [-0.25, -0.2) is 14.8 Å². The van der Waals surface area contributed by atoms with Crippen molar-refractivity contribution in [3.05, 3.63) is 36.4 Å². The molecule has 0 unspecified atom stereocenters. The summed E-state index contributed by atoms with van der Waals surface area (Å²) in [5.74, 6) is -19.8. The Labute approximate surface area is 528 Å². The maximum absolute atomic E-state index is 13.6. The van der Waals surface area contributed by atoms with Gasteiger partial charge in [-0.2, -0.15) is 0 Å². The molecule has 0 saturated heterocycles. The Bertz CT molecular complexity index is 2960. The largest absolute Gasteiger partial charge is 0.481 e. The second-order valence-electron chi connectivity index (χ2n) is 21.4. The van der Waals surface area contributed by atoms with Crippen LogP contribution in [-0.2, 0) is 89.6 Å². The number of aliphatic hydroxyl groups is 4. The molecule has 0 aliphatic heterocycles. The van der Waals surface area contributed by atoms with Crippen molar-refractivity contribution < 1.29 is 107 Å². The van der Waals surface area contributed by atoms with Crippen LogP contribution in [-0.4, -0.2) is 250 Å². The number of rotatable bonds is 41. The number of H-pyrrole nitrogens is 2. The normalized spacial score (nSPS) is 15.6. The Kier molecular flexibility index (Phi) is 32.6. The van der Waals surface area contributed by atoms with Crippen molar-refractivity contribution in [3.8, 4) is 0 Å². The van der Waals surface area contributed by atoms with Crippen molar-refractivity contribution in [3.63, 3.8) is 0 Å². The molecule has 0 bridgehead atoms. The van der Waals surface area contributed by atoms with Crippen LogP contribution in [0.25, 0.3) is 0 Å². The van der Waals surface area contributed by atoms with Crippen LogP contribution in [0.4, 0.5) is 0 Å². The van der Waals surface area contributed by atoms with E-state index in [2.05, 4.69) is 83.7 Å². The number of aromatic amines is 2. The van der Waals surface area contributed by atoms with E-state index in [1.165, 1.54) is 38.9 Å². The zero-order chi connectivity index (χ0) is 70.6. The molecule has 0 saturated carbocycles. The fraction of sp³-hybridized carbons (Fsp3) is 0.577. The molecule has 14 amide bonds. The SMILES string of the molecule is CC(C)[C@H](NC(=O)CNC(=O)[C@H](CC(N)=O)NC(=O)[C@@H](NC(=O)[C@H](CC(N)=O)NC(=O)[C@@H](N)Cc1cnc[nH]1)[C@@H](C)O)C(=O)N[C@H](C(=O)N[C@@H](C)C(=O)N[C@@H](C)C(=O)N[C@@H](CO)C(=O)N[C@@H](CO)C(=O)N[C@@H](Cc1cnc[nH]1)C(=O)N[C@@H](CCC(=O)O)C(=O)O)[C@@H](C)O. The van der Waals surface area contributed by atoms with E-state index in [1.807, 2.05) is 0 Å². The molecule has 41 heteroatoms. The Morgan fingerprint density at radius 2 is 0.849 bits per heavy atom. The van der Waals surface area contributed by atoms with Crippen molar-refractivity contribution in [1.29, 1.82) is 0 Å². The monoisotopic (exact) mass is 1320 g/mol. The second kappa shape index (κ2) is 38.4. The number of carboxylic acid groups (broad SMARTS) is 2. The average molecular weight is 1320 g/mol. The van der Waals surface area contributed by atoms with Crippen LogP contribution >= 0.6 is 0 Å². The minimum Gasteiger partial charge on any atom is -0.481 e. The Morgan fingerprint density at radius 1 is 0.462 bits per heavy atom. The van der Waals surface area contributed by atoms with Crippen LogP contribution in [0.15, 0.2) is 25.0 Å². The van der Waals surface area contributed by atoms with Gasteiger partial charge >= 0.3 is 11.9 Å². The van der Waals surface area contributed by atoms with E-state index in [1.54, 1.807) is 0 Å². The third-order valence-corrected chi connectivity index (χ3v) is 13.2. The molecule has 14 atom stereocenters. The third-order valence-electron chi connectivity index (χ3n) is 13.2. The van der Waals surface area contributed by atoms with E-state index >= 15 is 0 Å². The summed E-state index contributed by atoms with van der Waals surface area (Å²) in [4.78, 5) is 219. The molecule has 93 heavy (non-hydrogen) atoms. The molecule has 2 aromatic heterocycles. The number of primary amides is 2. The molecule has 26 N–H and O–H groups in total. The summed E-state index contributed by atoms with van der Waals surface area (Å²) in [5.41, 5.74) is 17.2. The van der Waals surface area contributed by atoms with Gasteiger partial charge in [0.2, 0.25) is 82.7 Å². The molecule has 0 radical (unpaired) electrons. The molecule has 2 aromatic rings. The minimum atomic E-state index is -1.94. The van der Waals surface area contributed by atoms with Crippen LogP contribution in [0.2, 0.25) is 0 Å². The molecule has 41 nitrogen and oxygen atoms in total. The number of nitrogens with zero attached hydrogens (tertiary/aromatic N) is 2. The number of imidazole rings is 2. The Balaban J connectivity index is 2.07. The van der Waals surface area contributed by atoms with E-state index in [4.69, 9.17) is 22.3 Å². The van der Waals surface area contributed by atoms with Crippen LogP contribution in [0.5, 0.6) is 0 Å². The molecular formula is C52H81N19O22. The van der Waals surface area contributed by atoms with Crippen molar-refractivity contribution in [2.75, 3.05) is 19.8 Å². The summed E-state index contributed by atoms with van der Waals surface area (Å²) in [6.07, 6.45) is -1.58. The predicted octanol–water partition coefficient (Wildman–Crippen LogP) is -12.2. The standard InChI is InChI=1S/C52H81N19O22/c1-20(2)38(69-36(78)15-58-44(84)30(11-34(54)76)66-51(91)40(24(6)75)70-46(86)31(12-35(55)77)64-43(83)27(53)9-25-13-56-18-59-25)49(89)71-39(23(5)74)50(90)62-21(3)41(81)61-22(4)42(82)67-32(16-72)48(88)68-33(17-73)47(87)65-29(10-26-14-57-19-60-26)45(85)63-28(52(92)93)7-8-37(79)80/h13-14,18-24,27-33,38-40,72-75H,7-12,15-17,53H2,1-6H3,(H2,54,76)(H2,55,77)(H,56,59)(H,57,60)(H,58,84)(H,61,81)(H,62,90)(H,63,85)(H,64,83)(H,65,87)(H,66,91)(H,67,82)(H,68,88)(H,69,78)(H,70,86)(H,71,89)(H,79,80)(H,92,93)/t21-,22-,23+,24+,27-,28-,29-,30-,31-,32-,33-,38-,39-,40-/m0/s1. The smallest absolute Gasteiger partial charge is 0.326 e. The van der Waals surface area contributed by atoms with Gasteiger partial charge in [0.25, 0.3) is 0 Å². The van der Waals surface area contributed by atoms with Crippen molar-refractivity contribution in [2.24, 2.45) is 23.1 Å².